The Balaban J connectivity index is 1.53. The van der Waals surface area contributed by atoms with Crippen LogP contribution in [0.5, 0.6) is 5.75 Å². The molecule has 1 N–H and O–H groups in total. The molecule has 4 rings (SSSR count). The number of nitrogens with one attached hydrogen (secondary N) is 1. The minimum Gasteiger partial charge on any atom is -0.496 e. The molecule has 2 aromatic carbocycles. The van der Waals surface area contributed by atoms with Gasteiger partial charge in [0.25, 0.3) is 5.91 Å². The summed E-state index contributed by atoms with van der Waals surface area (Å²) in [6.07, 6.45) is 1.57. The molecule has 2 heterocycles. The van der Waals surface area contributed by atoms with E-state index in [2.05, 4.69) is 10.3 Å². The van der Waals surface area contributed by atoms with Crippen molar-refractivity contribution in [1.29, 1.82) is 0 Å². The van der Waals surface area contributed by atoms with Gasteiger partial charge in [0.15, 0.2) is 5.13 Å². The lowest BCUT2D eigenvalue weighted by Crippen LogP contribution is -2.43. The molecule has 0 aliphatic carbocycles. The summed E-state index contributed by atoms with van der Waals surface area (Å²) in [6, 6.07) is 11.4. The second-order valence-corrected chi connectivity index (χ2v) is 8.09. The van der Waals surface area contributed by atoms with Gasteiger partial charge >= 0.3 is 0 Å². The van der Waals surface area contributed by atoms with E-state index in [0.29, 0.717) is 23.8 Å². The Morgan fingerprint density at radius 1 is 1.21 bits per heavy atom. The zero-order valence-electron chi connectivity index (χ0n) is 16.5. The number of hydrogen-bond donors (Lipinski definition) is 1. The molecule has 29 heavy (non-hydrogen) atoms. The third-order valence-corrected chi connectivity index (χ3v) is 6.14. The van der Waals surface area contributed by atoms with Crippen LogP contribution in [0.2, 0.25) is 0 Å². The number of aromatic nitrogens is 1. The third-order valence-electron chi connectivity index (χ3n) is 5.26. The van der Waals surface area contributed by atoms with Crippen molar-refractivity contribution in [3.63, 3.8) is 0 Å². The van der Waals surface area contributed by atoms with Crippen LogP contribution in [0.1, 0.15) is 28.9 Å². The SMILES string of the molecule is COc1ccc(C(=O)N2CCCC(C(=O)Nc3nc(C)cs3)C2)c2ccccc12. The van der Waals surface area contributed by atoms with Crippen LogP contribution in [-0.4, -0.2) is 41.9 Å². The van der Waals surface area contributed by atoms with E-state index in [1.807, 2.05) is 48.7 Å². The summed E-state index contributed by atoms with van der Waals surface area (Å²) < 4.78 is 5.43. The normalized spacial score (nSPS) is 16.6. The number of methoxy groups -OCH3 is 1. The largest absolute Gasteiger partial charge is 0.496 e. The Hall–Kier alpha value is -2.93. The van der Waals surface area contributed by atoms with E-state index in [4.69, 9.17) is 4.74 Å². The predicted octanol–water partition coefficient (Wildman–Crippen LogP) is 4.10. The minimum absolute atomic E-state index is 0.0496. The first kappa shape index (κ1) is 19.4. The van der Waals surface area contributed by atoms with Gasteiger partial charge in [0, 0.05) is 29.4 Å². The Bertz CT molecular complexity index is 1060. The summed E-state index contributed by atoms with van der Waals surface area (Å²) >= 11 is 1.42. The molecule has 0 saturated carbocycles. The number of aryl methyl sites for hydroxylation is 1. The fraction of sp³-hybridized carbons (Fsp3) is 0.318. The van der Waals surface area contributed by atoms with E-state index in [0.717, 1.165) is 35.1 Å². The Morgan fingerprint density at radius 2 is 2.00 bits per heavy atom. The minimum atomic E-state index is -0.235. The maximum absolute atomic E-state index is 13.3. The highest BCUT2D eigenvalue weighted by atomic mass is 32.1. The van der Waals surface area contributed by atoms with Crippen LogP contribution in [0.25, 0.3) is 10.8 Å². The van der Waals surface area contributed by atoms with Gasteiger partial charge in [-0.1, -0.05) is 24.3 Å². The Kier molecular flexibility index (Phi) is 5.49. The molecule has 1 aliphatic heterocycles. The number of nitrogens with zero attached hydrogens (tertiary/aromatic N) is 2. The number of ether oxygens (including phenoxy) is 1. The molecule has 2 amide bonds. The monoisotopic (exact) mass is 409 g/mol. The highest BCUT2D eigenvalue weighted by Crippen LogP contribution is 2.30. The zero-order valence-corrected chi connectivity index (χ0v) is 17.3. The van der Waals surface area contributed by atoms with Gasteiger partial charge in [-0.2, -0.15) is 0 Å². The van der Waals surface area contributed by atoms with Crippen molar-refractivity contribution in [3.8, 4) is 5.75 Å². The maximum atomic E-state index is 13.3. The molecule has 150 valence electrons. The second kappa shape index (κ2) is 8.21. The summed E-state index contributed by atoms with van der Waals surface area (Å²) in [5.74, 6) is 0.385. The number of fused-ring (bicyclic) bond motifs is 1. The summed E-state index contributed by atoms with van der Waals surface area (Å²) in [5.41, 5.74) is 1.52. The smallest absolute Gasteiger partial charge is 0.254 e. The summed E-state index contributed by atoms with van der Waals surface area (Å²) in [4.78, 5) is 32.0. The summed E-state index contributed by atoms with van der Waals surface area (Å²) in [5, 5.41) is 7.17. The number of carbonyl (C=O) groups excluding carboxylic acids is 2. The van der Waals surface area contributed by atoms with Crippen LogP contribution in [0.4, 0.5) is 5.13 Å². The van der Waals surface area contributed by atoms with E-state index in [1.54, 1.807) is 12.0 Å². The molecule has 0 spiro atoms. The van der Waals surface area contributed by atoms with Crippen LogP contribution in [-0.2, 0) is 4.79 Å². The van der Waals surface area contributed by atoms with Crippen molar-refractivity contribution in [1.82, 2.24) is 9.88 Å². The molecule has 1 aromatic heterocycles. The van der Waals surface area contributed by atoms with Crippen LogP contribution in [0.15, 0.2) is 41.8 Å². The number of amides is 2. The fourth-order valence-corrected chi connectivity index (χ4v) is 4.49. The van der Waals surface area contributed by atoms with Gasteiger partial charge in [0.05, 0.1) is 18.7 Å². The van der Waals surface area contributed by atoms with Crippen molar-refractivity contribution >= 4 is 39.1 Å². The lowest BCUT2D eigenvalue weighted by molar-refractivity contribution is -0.121. The molecule has 1 unspecified atom stereocenters. The highest BCUT2D eigenvalue weighted by molar-refractivity contribution is 7.13. The van der Waals surface area contributed by atoms with Crippen molar-refractivity contribution in [3.05, 3.63) is 53.0 Å². The molecule has 6 nitrogen and oxygen atoms in total. The summed E-state index contributed by atoms with van der Waals surface area (Å²) in [7, 11) is 1.63. The molecule has 1 saturated heterocycles. The van der Waals surface area contributed by atoms with Gasteiger partial charge in [0.1, 0.15) is 5.75 Å². The number of benzene rings is 2. The molecule has 3 aromatic rings. The molecule has 0 bridgehead atoms. The van der Waals surface area contributed by atoms with Gasteiger partial charge in [-0.3, -0.25) is 9.59 Å². The van der Waals surface area contributed by atoms with Gasteiger partial charge in [-0.25, -0.2) is 4.98 Å². The molecular formula is C22H23N3O3S. The van der Waals surface area contributed by atoms with Crippen molar-refractivity contribution < 1.29 is 14.3 Å². The van der Waals surface area contributed by atoms with E-state index in [9.17, 15) is 9.59 Å². The fourth-order valence-electron chi connectivity index (χ4n) is 3.80. The van der Waals surface area contributed by atoms with Crippen molar-refractivity contribution in [2.24, 2.45) is 5.92 Å². The van der Waals surface area contributed by atoms with Gasteiger partial charge < -0.3 is 15.0 Å². The maximum Gasteiger partial charge on any atom is 0.254 e. The standard InChI is InChI=1S/C22H23N3O3S/c1-14-13-29-22(23-14)24-20(26)15-6-5-11-25(12-15)21(27)18-9-10-19(28-2)17-8-4-3-7-16(17)18/h3-4,7-10,13,15H,5-6,11-12H2,1-2H3,(H,23,24,26). The van der Waals surface area contributed by atoms with Crippen LogP contribution in [0.3, 0.4) is 0 Å². The van der Waals surface area contributed by atoms with Crippen LogP contribution in [0, 0.1) is 12.8 Å². The number of piperidine rings is 1. The van der Waals surface area contributed by atoms with Gasteiger partial charge in [-0.05, 0) is 37.3 Å². The Morgan fingerprint density at radius 3 is 2.72 bits per heavy atom. The number of thiazole rings is 1. The van der Waals surface area contributed by atoms with Crippen LogP contribution >= 0.6 is 11.3 Å². The number of anilines is 1. The molecule has 1 atom stereocenters. The second-order valence-electron chi connectivity index (χ2n) is 7.23. The van der Waals surface area contributed by atoms with E-state index >= 15 is 0 Å². The lowest BCUT2D eigenvalue weighted by Gasteiger charge is -2.32. The first-order valence-corrected chi connectivity index (χ1v) is 10.5. The van der Waals surface area contributed by atoms with Gasteiger partial charge in [-0.15, -0.1) is 11.3 Å². The quantitative estimate of drug-likeness (QED) is 0.704. The molecular weight excluding hydrogens is 386 g/mol. The molecule has 0 radical (unpaired) electrons. The number of rotatable bonds is 4. The molecule has 7 heteroatoms. The first-order valence-electron chi connectivity index (χ1n) is 9.65. The first-order chi connectivity index (χ1) is 14.1. The highest BCUT2D eigenvalue weighted by Gasteiger charge is 2.30. The number of hydrogen-bond acceptors (Lipinski definition) is 5. The average molecular weight is 410 g/mol. The number of likely N-dealkylation sites (tertiary alicyclic amines) is 1. The Labute approximate surface area is 173 Å². The average Bonchev–Trinajstić information content (AvgIpc) is 3.17. The van der Waals surface area contributed by atoms with E-state index < -0.39 is 0 Å². The molecule has 1 fully saturated rings. The van der Waals surface area contributed by atoms with Crippen molar-refractivity contribution in [2.45, 2.75) is 19.8 Å². The lowest BCUT2D eigenvalue weighted by atomic mass is 9.95. The predicted molar refractivity (Wildman–Crippen MR) is 115 cm³/mol. The van der Waals surface area contributed by atoms with E-state index in [-0.39, 0.29) is 17.7 Å². The van der Waals surface area contributed by atoms with Crippen molar-refractivity contribution in [2.75, 3.05) is 25.5 Å². The van der Waals surface area contributed by atoms with Crippen LogP contribution < -0.4 is 10.1 Å². The van der Waals surface area contributed by atoms with E-state index in [1.165, 1.54) is 11.3 Å². The van der Waals surface area contributed by atoms with Gasteiger partial charge in [0.2, 0.25) is 5.91 Å². The summed E-state index contributed by atoms with van der Waals surface area (Å²) in [6.45, 7) is 2.96. The zero-order chi connectivity index (χ0) is 20.4. The topological polar surface area (TPSA) is 71.5 Å². The molecule has 1 aliphatic rings. The third kappa shape index (κ3) is 3.96. The number of carbonyl (C=O) groups is 2.